The molecule has 0 saturated heterocycles. The molecule has 0 aromatic rings. The van der Waals surface area contributed by atoms with Crippen molar-refractivity contribution in [3.05, 3.63) is 0 Å². The predicted octanol–water partition coefficient (Wildman–Crippen LogP) is 4.76. The van der Waals surface area contributed by atoms with E-state index in [9.17, 15) is 0 Å². The summed E-state index contributed by atoms with van der Waals surface area (Å²) in [5.41, 5.74) is 0.686. The van der Waals surface area contributed by atoms with Crippen LogP contribution < -0.4 is 5.32 Å². The first kappa shape index (κ1) is 14.4. The fourth-order valence-corrected chi connectivity index (χ4v) is 4.05. The van der Waals surface area contributed by atoms with Gasteiger partial charge in [-0.05, 0) is 55.8 Å². The van der Waals surface area contributed by atoms with E-state index in [4.69, 9.17) is 0 Å². The van der Waals surface area contributed by atoms with Crippen LogP contribution in [-0.4, -0.2) is 12.6 Å². The highest BCUT2D eigenvalue weighted by Crippen LogP contribution is 2.43. The van der Waals surface area contributed by atoms with Crippen LogP contribution in [0.3, 0.4) is 0 Å². The Kier molecular flexibility index (Phi) is 5.12. The van der Waals surface area contributed by atoms with Crippen LogP contribution in [0.2, 0.25) is 0 Å². The quantitative estimate of drug-likeness (QED) is 0.717. The minimum absolute atomic E-state index is 0.686. The average molecular weight is 251 g/mol. The van der Waals surface area contributed by atoms with E-state index < -0.39 is 0 Å². The molecule has 2 atom stereocenters. The van der Waals surface area contributed by atoms with Crippen molar-refractivity contribution in [1.29, 1.82) is 0 Å². The Hall–Kier alpha value is -0.0400. The Labute approximate surface area is 114 Å². The van der Waals surface area contributed by atoms with Crippen LogP contribution in [0.4, 0.5) is 0 Å². The van der Waals surface area contributed by atoms with Gasteiger partial charge in [-0.1, -0.05) is 40.0 Å². The van der Waals surface area contributed by atoms with E-state index in [0.717, 1.165) is 17.9 Å². The van der Waals surface area contributed by atoms with Gasteiger partial charge < -0.3 is 5.32 Å². The lowest BCUT2D eigenvalue weighted by Gasteiger charge is -2.43. The Morgan fingerprint density at radius 1 is 1.17 bits per heavy atom. The zero-order chi connectivity index (χ0) is 13.0. The van der Waals surface area contributed by atoms with Crippen molar-refractivity contribution in [3.63, 3.8) is 0 Å². The van der Waals surface area contributed by atoms with Crippen molar-refractivity contribution in [2.75, 3.05) is 6.54 Å². The zero-order valence-electron chi connectivity index (χ0n) is 12.8. The van der Waals surface area contributed by atoms with Crippen LogP contribution >= 0.6 is 0 Å². The molecule has 2 saturated carbocycles. The van der Waals surface area contributed by atoms with Gasteiger partial charge in [-0.3, -0.25) is 0 Å². The van der Waals surface area contributed by atoms with Crippen LogP contribution in [-0.2, 0) is 0 Å². The molecular weight excluding hydrogens is 218 g/mol. The molecule has 0 heterocycles. The van der Waals surface area contributed by atoms with Gasteiger partial charge in [0.25, 0.3) is 0 Å². The van der Waals surface area contributed by atoms with Crippen LogP contribution in [0.1, 0.15) is 78.6 Å². The van der Waals surface area contributed by atoms with Crippen LogP contribution in [0.25, 0.3) is 0 Å². The Morgan fingerprint density at radius 2 is 1.94 bits per heavy atom. The van der Waals surface area contributed by atoms with Gasteiger partial charge in [-0.25, -0.2) is 0 Å². The molecule has 0 radical (unpaired) electrons. The first-order valence-corrected chi connectivity index (χ1v) is 8.37. The van der Waals surface area contributed by atoms with Gasteiger partial charge in [0.05, 0.1) is 0 Å². The number of nitrogens with one attached hydrogen (secondary N) is 1. The summed E-state index contributed by atoms with van der Waals surface area (Å²) in [6.07, 6.45) is 13.0. The zero-order valence-corrected chi connectivity index (χ0v) is 12.8. The van der Waals surface area contributed by atoms with Crippen molar-refractivity contribution in [3.8, 4) is 0 Å². The van der Waals surface area contributed by atoms with Gasteiger partial charge in [0, 0.05) is 12.6 Å². The Bertz CT molecular complexity index is 236. The minimum Gasteiger partial charge on any atom is -0.313 e. The van der Waals surface area contributed by atoms with Crippen LogP contribution in [0.15, 0.2) is 0 Å². The van der Waals surface area contributed by atoms with E-state index in [-0.39, 0.29) is 0 Å². The van der Waals surface area contributed by atoms with Gasteiger partial charge in [0.1, 0.15) is 0 Å². The fraction of sp³-hybridized carbons (Fsp3) is 1.00. The molecule has 2 aliphatic carbocycles. The largest absolute Gasteiger partial charge is 0.313 e. The normalized spacial score (nSPS) is 31.3. The molecule has 0 aromatic carbocycles. The third-order valence-electron chi connectivity index (χ3n) is 5.52. The van der Waals surface area contributed by atoms with E-state index in [1.54, 1.807) is 0 Å². The van der Waals surface area contributed by atoms with Crippen LogP contribution in [0.5, 0.6) is 0 Å². The van der Waals surface area contributed by atoms with Gasteiger partial charge in [0.15, 0.2) is 0 Å². The highest BCUT2D eigenvalue weighted by molar-refractivity contribution is 4.90. The molecule has 2 fully saturated rings. The standard InChI is InChI=1S/C17H33N/c1-4-17(9-6-10-17)13-18-16-8-5-7-15(12-16)11-14(2)3/h14-16,18H,4-13H2,1-3H3. The van der Waals surface area contributed by atoms with Crippen molar-refractivity contribution in [2.24, 2.45) is 17.3 Å². The first-order valence-electron chi connectivity index (χ1n) is 8.37. The Balaban J connectivity index is 1.72. The van der Waals surface area contributed by atoms with Gasteiger partial charge in [-0.2, -0.15) is 0 Å². The first-order chi connectivity index (χ1) is 8.63. The van der Waals surface area contributed by atoms with E-state index in [0.29, 0.717) is 5.41 Å². The lowest BCUT2D eigenvalue weighted by molar-refractivity contribution is 0.111. The summed E-state index contributed by atoms with van der Waals surface area (Å²) in [5, 5.41) is 3.92. The van der Waals surface area contributed by atoms with Crippen molar-refractivity contribution in [1.82, 2.24) is 5.32 Å². The SMILES string of the molecule is CCC1(CNC2CCCC(CC(C)C)C2)CCC1. The van der Waals surface area contributed by atoms with Gasteiger partial charge in [-0.15, -0.1) is 0 Å². The van der Waals surface area contributed by atoms with Crippen LogP contribution in [0, 0.1) is 17.3 Å². The lowest BCUT2D eigenvalue weighted by atomic mass is 9.67. The van der Waals surface area contributed by atoms with Crippen molar-refractivity contribution in [2.45, 2.75) is 84.6 Å². The molecule has 0 bridgehead atoms. The summed E-state index contributed by atoms with van der Waals surface area (Å²) in [4.78, 5) is 0. The molecule has 1 N–H and O–H groups in total. The second-order valence-corrected chi connectivity index (χ2v) is 7.45. The molecule has 106 valence electrons. The molecule has 0 aromatic heterocycles. The molecular formula is C17H33N. The second kappa shape index (κ2) is 6.41. The maximum Gasteiger partial charge on any atom is 0.00699 e. The van der Waals surface area contributed by atoms with E-state index in [2.05, 4.69) is 26.1 Å². The van der Waals surface area contributed by atoms with Gasteiger partial charge in [0.2, 0.25) is 0 Å². The molecule has 18 heavy (non-hydrogen) atoms. The van der Waals surface area contributed by atoms with E-state index in [1.165, 1.54) is 64.3 Å². The van der Waals surface area contributed by atoms with E-state index >= 15 is 0 Å². The maximum absolute atomic E-state index is 3.92. The smallest absolute Gasteiger partial charge is 0.00699 e. The summed E-state index contributed by atoms with van der Waals surface area (Å²) in [5.74, 6) is 1.87. The second-order valence-electron chi connectivity index (χ2n) is 7.45. The summed E-state index contributed by atoms with van der Waals surface area (Å²) in [6, 6.07) is 0.825. The topological polar surface area (TPSA) is 12.0 Å². The molecule has 2 rings (SSSR count). The number of rotatable bonds is 6. The molecule has 2 unspecified atom stereocenters. The summed E-state index contributed by atoms with van der Waals surface area (Å²) < 4.78 is 0. The molecule has 1 heteroatoms. The van der Waals surface area contributed by atoms with Gasteiger partial charge >= 0.3 is 0 Å². The summed E-state index contributed by atoms with van der Waals surface area (Å²) >= 11 is 0. The molecule has 2 aliphatic rings. The number of hydrogen-bond donors (Lipinski definition) is 1. The summed E-state index contributed by atoms with van der Waals surface area (Å²) in [7, 11) is 0. The molecule has 0 spiro atoms. The third-order valence-corrected chi connectivity index (χ3v) is 5.52. The average Bonchev–Trinajstić information content (AvgIpc) is 2.28. The van der Waals surface area contributed by atoms with Crippen molar-refractivity contribution < 1.29 is 0 Å². The lowest BCUT2D eigenvalue weighted by Crippen LogP contribution is -2.44. The highest BCUT2D eigenvalue weighted by Gasteiger charge is 2.35. The maximum atomic E-state index is 3.92. The highest BCUT2D eigenvalue weighted by atomic mass is 14.9. The van der Waals surface area contributed by atoms with Crippen molar-refractivity contribution >= 4 is 0 Å². The molecule has 1 nitrogen and oxygen atoms in total. The molecule has 0 amide bonds. The Morgan fingerprint density at radius 3 is 2.50 bits per heavy atom. The predicted molar refractivity (Wildman–Crippen MR) is 79.8 cm³/mol. The number of hydrogen-bond acceptors (Lipinski definition) is 1. The fourth-order valence-electron chi connectivity index (χ4n) is 4.05. The minimum atomic E-state index is 0.686. The molecule has 0 aliphatic heterocycles. The third kappa shape index (κ3) is 3.73. The summed E-state index contributed by atoms with van der Waals surface area (Å²) in [6.45, 7) is 8.42. The monoisotopic (exact) mass is 251 g/mol. The van der Waals surface area contributed by atoms with E-state index in [1.807, 2.05) is 0 Å².